The smallest absolute Gasteiger partial charge is 0.261 e. The molecule has 1 N–H and O–H groups in total. The number of rotatable bonds is 4. The van der Waals surface area contributed by atoms with E-state index in [1.807, 2.05) is 26.0 Å². The number of pyridine rings is 1. The van der Waals surface area contributed by atoms with Crippen molar-refractivity contribution >= 4 is 17.4 Å². The topological polar surface area (TPSA) is 71.3 Å². The molecule has 0 unspecified atom stereocenters. The lowest BCUT2D eigenvalue weighted by molar-refractivity contribution is 0.102. The van der Waals surface area contributed by atoms with Crippen molar-refractivity contribution in [3.63, 3.8) is 0 Å². The van der Waals surface area contributed by atoms with Crippen molar-refractivity contribution in [1.82, 2.24) is 10.1 Å². The van der Waals surface area contributed by atoms with E-state index in [9.17, 15) is 4.79 Å². The summed E-state index contributed by atoms with van der Waals surface area (Å²) in [4.78, 5) is 19.2. The van der Waals surface area contributed by atoms with E-state index in [-0.39, 0.29) is 11.8 Å². The van der Waals surface area contributed by atoms with Crippen LogP contribution in [0.1, 0.15) is 54.4 Å². The van der Waals surface area contributed by atoms with Gasteiger partial charge in [0.2, 0.25) is 0 Å². The maximum Gasteiger partial charge on any atom is 0.261 e. The Kier molecular flexibility index (Phi) is 4.32. The zero-order valence-corrected chi connectivity index (χ0v) is 13.8. The lowest BCUT2D eigenvalue weighted by Gasteiger charge is -2.16. The third kappa shape index (κ3) is 3.21. The number of hydrogen-bond donors (Lipinski definition) is 1. The molecule has 23 heavy (non-hydrogen) atoms. The Morgan fingerprint density at radius 2 is 2.04 bits per heavy atom. The highest BCUT2D eigenvalue weighted by atomic mass is 16.5. The third-order valence-corrected chi connectivity index (χ3v) is 4.08. The maximum atomic E-state index is 12.5. The summed E-state index contributed by atoms with van der Waals surface area (Å²) < 4.78 is 5.27. The van der Waals surface area contributed by atoms with E-state index in [2.05, 4.69) is 20.4 Å². The fourth-order valence-electron chi connectivity index (χ4n) is 2.84. The molecule has 0 aromatic carbocycles. The first-order chi connectivity index (χ1) is 11.1. The SMILES string of the molecule is Cc1noc(C(C)C)c1C(=O)Nc1ccc(N2CCCC2)nc1. The molecule has 3 rings (SSSR count). The first-order valence-electron chi connectivity index (χ1n) is 8.05. The molecular formula is C17H22N4O2. The molecular weight excluding hydrogens is 292 g/mol. The van der Waals surface area contributed by atoms with Crippen molar-refractivity contribution in [3.05, 3.63) is 35.3 Å². The minimum absolute atomic E-state index is 0.104. The Morgan fingerprint density at radius 1 is 1.30 bits per heavy atom. The molecule has 2 aromatic rings. The molecule has 0 aliphatic carbocycles. The van der Waals surface area contributed by atoms with Crippen molar-refractivity contribution in [1.29, 1.82) is 0 Å². The second-order valence-electron chi connectivity index (χ2n) is 6.22. The highest BCUT2D eigenvalue weighted by Gasteiger charge is 2.22. The number of nitrogens with zero attached hydrogens (tertiary/aromatic N) is 3. The number of hydrogen-bond acceptors (Lipinski definition) is 5. The average molecular weight is 314 g/mol. The summed E-state index contributed by atoms with van der Waals surface area (Å²) in [6, 6.07) is 3.83. The minimum atomic E-state index is -0.205. The number of aromatic nitrogens is 2. The Balaban J connectivity index is 1.74. The van der Waals surface area contributed by atoms with Crippen LogP contribution in [0.25, 0.3) is 0 Å². The number of carbonyl (C=O) groups excluding carboxylic acids is 1. The van der Waals surface area contributed by atoms with Crippen molar-refractivity contribution in [3.8, 4) is 0 Å². The number of anilines is 2. The summed E-state index contributed by atoms with van der Waals surface area (Å²) >= 11 is 0. The van der Waals surface area contributed by atoms with Gasteiger partial charge in [-0.3, -0.25) is 4.79 Å². The molecule has 0 saturated carbocycles. The van der Waals surface area contributed by atoms with Crippen LogP contribution in [0.2, 0.25) is 0 Å². The molecule has 6 nitrogen and oxygen atoms in total. The molecule has 1 aliphatic heterocycles. The fraction of sp³-hybridized carbons (Fsp3) is 0.471. The maximum absolute atomic E-state index is 12.5. The molecule has 2 aromatic heterocycles. The number of aryl methyl sites for hydroxylation is 1. The van der Waals surface area contributed by atoms with Gasteiger partial charge in [0, 0.05) is 19.0 Å². The van der Waals surface area contributed by atoms with Gasteiger partial charge in [-0.25, -0.2) is 4.98 Å². The Hall–Kier alpha value is -2.37. The quantitative estimate of drug-likeness (QED) is 0.937. The standard InChI is InChI=1S/C17H22N4O2/c1-11(2)16-15(12(3)20-23-16)17(22)19-13-6-7-14(18-10-13)21-8-4-5-9-21/h6-7,10-11H,4-5,8-9H2,1-3H3,(H,19,22). The van der Waals surface area contributed by atoms with Gasteiger partial charge in [0.1, 0.15) is 11.4 Å². The van der Waals surface area contributed by atoms with E-state index >= 15 is 0 Å². The second-order valence-corrected chi connectivity index (χ2v) is 6.22. The Morgan fingerprint density at radius 3 is 2.65 bits per heavy atom. The van der Waals surface area contributed by atoms with Crippen LogP contribution in [0.4, 0.5) is 11.5 Å². The Labute approximate surface area is 135 Å². The van der Waals surface area contributed by atoms with E-state index in [4.69, 9.17) is 4.52 Å². The lowest BCUT2D eigenvalue weighted by Crippen LogP contribution is -2.19. The molecule has 3 heterocycles. The number of nitrogens with one attached hydrogen (secondary N) is 1. The minimum Gasteiger partial charge on any atom is -0.360 e. The summed E-state index contributed by atoms with van der Waals surface area (Å²) in [5, 5.41) is 6.79. The third-order valence-electron chi connectivity index (χ3n) is 4.08. The predicted molar refractivity (Wildman–Crippen MR) is 89.0 cm³/mol. The van der Waals surface area contributed by atoms with Crippen LogP contribution in [-0.2, 0) is 0 Å². The molecule has 0 spiro atoms. The van der Waals surface area contributed by atoms with Gasteiger partial charge >= 0.3 is 0 Å². The van der Waals surface area contributed by atoms with Crippen molar-refractivity contribution in [2.75, 3.05) is 23.3 Å². The van der Waals surface area contributed by atoms with Crippen LogP contribution in [0.5, 0.6) is 0 Å². The van der Waals surface area contributed by atoms with E-state index in [0.29, 0.717) is 22.7 Å². The van der Waals surface area contributed by atoms with E-state index in [1.54, 1.807) is 13.1 Å². The van der Waals surface area contributed by atoms with Gasteiger partial charge < -0.3 is 14.7 Å². The van der Waals surface area contributed by atoms with Gasteiger partial charge in [-0.15, -0.1) is 0 Å². The molecule has 6 heteroatoms. The van der Waals surface area contributed by atoms with Crippen molar-refractivity contribution < 1.29 is 9.32 Å². The second kappa shape index (κ2) is 6.40. The van der Waals surface area contributed by atoms with Crippen LogP contribution in [0.3, 0.4) is 0 Å². The predicted octanol–water partition coefficient (Wildman–Crippen LogP) is 3.35. The van der Waals surface area contributed by atoms with Crippen LogP contribution in [0.15, 0.2) is 22.9 Å². The van der Waals surface area contributed by atoms with Crippen LogP contribution in [-0.4, -0.2) is 29.1 Å². The molecule has 0 radical (unpaired) electrons. The van der Waals surface area contributed by atoms with Crippen molar-refractivity contribution in [2.24, 2.45) is 0 Å². The largest absolute Gasteiger partial charge is 0.360 e. The first kappa shape index (κ1) is 15.5. The lowest BCUT2D eigenvalue weighted by atomic mass is 10.0. The molecule has 122 valence electrons. The fourth-order valence-corrected chi connectivity index (χ4v) is 2.84. The zero-order chi connectivity index (χ0) is 16.4. The average Bonchev–Trinajstić information content (AvgIpc) is 3.17. The van der Waals surface area contributed by atoms with Gasteiger partial charge in [-0.1, -0.05) is 19.0 Å². The summed E-state index contributed by atoms with van der Waals surface area (Å²) in [5.41, 5.74) is 1.80. The van der Waals surface area contributed by atoms with E-state index in [0.717, 1.165) is 18.9 Å². The van der Waals surface area contributed by atoms with Gasteiger partial charge in [0.25, 0.3) is 5.91 Å². The first-order valence-corrected chi connectivity index (χ1v) is 8.05. The highest BCUT2D eigenvalue weighted by molar-refractivity contribution is 6.05. The van der Waals surface area contributed by atoms with Crippen LogP contribution in [0, 0.1) is 6.92 Å². The molecule has 1 fully saturated rings. The molecule has 0 bridgehead atoms. The van der Waals surface area contributed by atoms with E-state index in [1.165, 1.54) is 12.8 Å². The number of carbonyl (C=O) groups is 1. The molecule has 1 saturated heterocycles. The Bertz CT molecular complexity index is 685. The monoisotopic (exact) mass is 314 g/mol. The van der Waals surface area contributed by atoms with Gasteiger partial charge in [0.15, 0.2) is 5.76 Å². The van der Waals surface area contributed by atoms with Crippen molar-refractivity contribution in [2.45, 2.75) is 39.5 Å². The van der Waals surface area contributed by atoms with Gasteiger partial charge in [-0.05, 0) is 31.9 Å². The molecule has 0 atom stereocenters. The molecule has 1 aliphatic rings. The zero-order valence-electron chi connectivity index (χ0n) is 13.8. The summed E-state index contributed by atoms with van der Waals surface area (Å²) in [6.07, 6.45) is 4.12. The normalized spacial score (nSPS) is 14.5. The van der Waals surface area contributed by atoms with Gasteiger partial charge in [0.05, 0.1) is 17.6 Å². The van der Waals surface area contributed by atoms with Crippen LogP contribution >= 0.6 is 0 Å². The highest BCUT2D eigenvalue weighted by Crippen LogP contribution is 2.24. The summed E-state index contributed by atoms with van der Waals surface area (Å²) in [7, 11) is 0. The van der Waals surface area contributed by atoms with Gasteiger partial charge in [-0.2, -0.15) is 0 Å². The number of amides is 1. The molecule has 1 amide bonds. The van der Waals surface area contributed by atoms with Crippen LogP contribution < -0.4 is 10.2 Å². The summed E-state index contributed by atoms with van der Waals surface area (Å²) in [6.45, 7) is 7.83. The van der Waals surface area contributed by atoms with E-state index < -0.39 is 0 Å². The summed E-state index contributed by atoms with van der Waals surface area (Å²) in [5.74, 6) is 1.47.